The van der Waals surface area contributed by atoms with E-state index in [2.05, 4.69) is 13.0 Å². The van der Waals surface area contributed by atoms with Crippen LogP contribution in [0, 0.1) is 0 Å². The van der Waals surface area contributed by atoms with Gasteiger partial charge in [0.05, 0.1) is 0 Å². The van der Waals surface area contributed by atoms with Crippen LogP contribution in [0.25, 0.3) is 0 Å². The van der Waals surface area contributed by atoms with Crippen LogP contribution >= 0.6 is 0 Å². The van der Waals surface area contributed by atoms with E-state index in [1.807, 2.05) is 140 Å². The summed E-state index contributed by atoms with van der Waals surface area (Å²) in [5.41, 5.74) is 0. The second-order valence-electron chi connectivity index (χ2n) is 15.7. The Balaban J connectivity index is 1.97. The lowest BCUT2D eigenvalue weighted by molar-refractivity contribution is -0.789. The molecule has 8 bridgehead atoms. The van der Waals surface area contributed by atoms with Crippen molar-refractivity contribution in [3.8, 4) is 0 Å². The molecule has 0 saturated carbocycles. The minimum atomic E-state index is -2.11. The van der Waals surface area contributed by atoms with Crippen molar-refractivity contribution in [1.29, 1.82) is 0 Å². The van der Waals surface area contributed by atoms with Crippen LogP contribution in [-0.2, 0) is 56.8 Å². The Bertz CT molecular complexity index is 1430. The van der Waals surface area contributed by atoms with E-state index >= 15 is 0 Å². The average Bonchev–Trinajstić information content (AvgIpc) is 3.17. The zero-order valence-electron chi connectivity index (χ0n) is 38.2. The van der Waals surface area contributed by atoms with Crippen molar-refractivity contribution in [3.63, 3.8) is 0 Å². The van der Waals surface area contributed by atoms with Gasteiger partial charge in [-0.1, -0.05) is 159 Å². The van der Waals surface area contributed by atoms with Crippen LogP contribution in [-0.4, -0.2) is 47.8 Å². The van der Waals surface area contributed by atoms with Gasteiger partial charge in [0.1, 0.15) is 0 Å². The maximum atomic E-state index is 7.31. The second kappa shape index (κ2) is 22.4. The normalized spacial score (nSPS) is 37.8. The Morgan fingerprint density at radius 1 is 0.213 bits per heavy atom. The Morgan fingerprint density at radius 3 is 0.492 bits per heavy atom. The molecule has 0 aromatic heterocycles. The van der Waals surface area contributed by atoms with Crippen molar-refractivity contribution in [2.24, 2.45) is 0 Å². The van der Waals surface area contributed by atoms with E-state index in [9.17, 15) is 0 Å². The van der Waals surface area contributed by atoms with E-state index in [0.717, 1.165) is 57.8 Å². The first-order valence-corrected chi connectivity index (χ1v) is 23.1. The fraction of sp³-hybridized carbons (Fsp3) is 0.673. The first-order valence-electron chi connectivity index (χ1n) is 23.1. The molecular weight excluding hydrogens is 781 g/mol. The molecule has 6 aliphatic heterocycles. The van der Waals surface area contributed by atoms with Gasteiger partial charge in [0, 0.05) is 51.4 Å². The van der Waals surface area contributed by atoms with Gasteiger partial charge < -0.3 is 0 Å². The van der Waals surface area contributed by atoms with Gasteiger partial charge in [-0.2, -0.15) is 0 Å². The van der Waals surface area contributed by atoms with Gasteiger partial charge in [-0.25, -0.2) is 0 Å². The Labute approximate surface area is 365 Å². The smallest absolute Gasteiger partial charge is 0.269 e. The first-order chi connectivity index (χ1) is 29.5. The van der Waals surface area contributed by atoms with Crippen LogP contribution in [0.15, 0.2) is 97.2 Å². The van der Waals surface area contributed by atoms with Crippen molar-refractivity contribution in [3.05, 3.63) is 97.2 Å². The van der Waals surface area contributed by atoms with Crippen LogP contribution < -0.4 is 0 Å². The van der Waals surface area contributed by atoms with E-state index in [1.54, 1.807) is 0 Å². The molecule has 0 atom stereocenters. The molecule has 6 aliphatic rings. The molecule has 0 N–H and O–H groups in total. The standard InChI is InChI=1S/C49H74O12/c1-9-17-25-33-41-49-59-46(38-30-22-14-6)53-43(35-27-19-11-3)50-42(34-26-18-10-2)51-44(55-46,36-28-20-12-4)57-48(61-49,40-32-24-16-8)58-45(52-42,37-29-21-13-5)56-47(54-43,60-49)39-31-23-15-7/h18-33H,9-17,34-41H2,1-8H3. The predicted molar refractivity (Wildman–Crippen MR) is 232 cm³/mol. The molecule has 342 valence electrons. The highest BCUT2D eigenvalue weighted by Crippen LogP contribution is 2.60. The van der Waals surface area contributed by atoms with E-state index < -0.39 is 47.8 Å². The van der Waals surface area contributed by atoms with Gasteiger partial charge in [0.2, 0.25) is 0 Å². The number of unbranched alkanes of at least 4 members (excludes halogenated alkanes) is 1. The summed E-state index contributed by atoms with van der Waals surface area (Å²) in [6, 6.07) is 0. The van der Waals surface area contributed by atoms with Crippen LogP contribution in [0.4, 0.5) is 0 Å². The van der Waals surface area contributed by atoms with Gasteiger partial charge in [-0.05, 0) is 51.4 Å². The highest BCUT2D eigenvalue weighted by atomic mass is 17.2. The molecular formula is C49H74O12. The maximum Gasteiger partial charge on any atom is 0.299 e. The van der Waals surface area contributed by atoms with Crippen LogP contribution in [0.5, 0.6) is 0 Å². The minimum absolute atomic E-state index is 0.00761. The summed E-state index contributed by atoms with van der Waals surface area (Å²) in [7, 11) is 0. The van der Waals surface area contributed by atoms with E-state index in [-0.39, 0.29) is 51.4 Å². The monoisotopic (exact) mass is 855 g/mol. The molecule has 12 heteroatoms. The molecule has 6 rings (SSSR count). The Morgan fingerprint density at radius 2 is 0.361 bits per heavy atom. The van der Waals surface area contributed by atoms with Crippen molar-refractivity contribution in [2.45, 2.75) is 212 Å². The highest BCUT2D eigenvalue weighted by Gasteiger charge is 2.76. The van der Waals surface area contributed by atoms with Gasteiger partial charge in [-0.15, -0.1) is 0 Å². The van der Waals surface area contributed by atoms with Crippen LogP contribution in [0.1, 0.15) is 165 Å². The van der Waals surface area contributed by atoms with Gasteiger partial charge in [-0.3, -0.25) is 56.8 Å². The molecule has 0 aliphatic carbocycles. The molecule has 6 heterocycles. The molecule has 12 nitrogen and oxygen atoms in total. The summed E-state index contributed by atoms with van der Waals surface area (Å²) in [6.07, 6.45) is 38.3. The lowest BCUT2D eigenvalue weighted by Crippen LogP contribution is -2.79. The summed E-state index contributed by atoms with van der Waals surface area (Å²) >= 11 is 0. The molecule has 0 spiro atoms. The van der Waals surface area contributed by atoms with Crippen molar-refractivity contribution >= 4 is 0 Å². The summed E-state index contributed by atoms with van der Waals surface area (Å²) in [5.74, 6) is -16.8. The van der Waals surface area contributed by atoms with Gasteiger partial charge in [0.15, 0.2) is 0 Å². The predicted octanol–water partition coefficient (Wildman–Crippen LogP) is 12.7. The lowest BCUT2D eigenvalue weighted by atomic mass is 10.1. The number of rotatable bonds is 25. The maximum absolute atomic E-state index is 7.31. The Hall–Kier alpha value is -2.56. The highest BCUT2D eigenvalue weighted by molar-refractivity contribution is 5.02. The molecule has 0 aromatic rings. The van der Waals surface area contributed by atoms with Gasteiger partial charge in [0.25, 0.3) is 47.8 Å². The van der Waals surface area contributed by atoms with Crippen LogP contribution in [0.3, 0.4) is 0 Å². The lowest BCUT2D eigenvalue weighted by Gasteiger charge is -2.65. The van der Waals surface area contributed by atoms with Crippen molar-refractivity contribution < 1.29 is 56.8 Å². The summed E-state index contributed by atoms with van der Waals surface area (Å²) in [6.45, 7) is 16.4. The van der Waals surface area contributed by atoms with Crippen LogP contribution in [0.2, 0.25) is 0 Å². The topological polar surface area (TPSA) is 111 Å². The Kier molecular flexibility index (Phi) is 18.1. The number of hydrogen-bond acceptors (Lipinski definition) is 12. The van der Waals surface area contributed by atoms with Crippen molar-refractivity contribution in [1.82, 2.24) is 0 Å². The zero-order valence-corrected chi connectivity index (χ0v) is 38.2. The van der Waals surface area contributed by atoms with E-state index in [4.69, 9.17) is 56.8 Å². The summed E-state index contributed by atoms with van der Waals surface area (Å²) < 4.78 is 87.6. The molecule has 0 aromatic carbocycles. The third-order valence-electron chi connectivity index (χ3n) is 10.1. The number of allylic oxidation sites excluding steroid dienone is 8. The first kappa shape index (κ1) is 49.5. The second-order valence-corrected chi connectivity index (χ2v) is 15.7. The average molecular weight is 855 g/mol. The zero-order chi connectivity index (χ0) is 43.8. The summed E-state index contributed by atoms with van der Waals surface area (Å²) in [4.78, 5) is 0. The largest absolute Gasteiger partial charge is 0.299 e. The third-order valence-corrected chi connectivity index (χ3v) is 10.1. The molecule has 6 fully saturated rings. The number of ether oxygens (including phenoxy) is 12. The van der Waals surface area contributed by atoms with Gasteiger partial charge >= 0.3 is 0 Å². The number of hydrogen-bond donors (Lipinski definition) is 0. The third kappa shape index (κ3) is 12.6. The van der Waals surface area contributed by atoms with Crippen molar-refractivity contribution in [2.75, 3.05) is 0 Å². The molecule has 0 amide bonds. The fourth-order valence-corrected chi connectivity index (χ4v) is 7.62. The van der Waals surface area contributed by atoms with E-state index in [1.165, 1.54) is 0 Å². The molecule has 61 heavy (non-hydrogen) atoms. The van der Waals surface area contributed by atoms with E-state index in [0.29, 0.717) is 0 Å². The molecule has 6 saturated heterocycles. The molecule has 0 radical (unpaired) electrons. The molecule has 0 unspecified atom stereocenters. The SMILES string of the molecule is CCC=CCC12OC3(CC=CCC)OC4(CC=CCC)OC(CC=CCC)(O1)OC1(CC=CCC)OC(CC=CCC)(O2)OC(CC=CCC)(O3)OC(CC=CCCC)(O4)O1. The summed E-state index contributed by atoms with van der Waals surface area (Å²) in [5, 5.41) is 0. The fourth-order valence-electron chi connectivity index (χ4n) is 7.62. The quantitative estimate of drug-likeness (QED) is 0.0815. The minimum Gasteiger partial charge on any atom is -0.269 e.